The summed E-state index contributed by atoms with van der Waals surface area (Å²) in [6.07, 6.45) is 1.82. The molecule has 0 spiro atoms. The summed E-state index contributed by atoms with van der Waals surface area (Å²) in [6.45, 7) is 5.21. The minimum absolute atomic E-state index is 0.207. The average molecular weight is 439 g/mol. The molecule has 0 aliphatic rings. The van der Waals surface area contributed by atoms with Crippen LogP contribution in [-0.4, -0.2) is 33.7 Å². The van der Waals surface area contributed by atoms with Crippen molar-refractivity contribution in [1.29, 1.82) is 0 Å². The number of thiophene rings is 1. The van der Waals surface area contributed by atoms with Gasteiger partial charge in [-0.1, -0.05) is 18.2 Å². The number of carbonyl (C=O) groups is 3. The van der Waals surface area contributed by atoms with E-state index in [1.165, 1.54) is 19.1 Å². The molecular formula is C22H22N4O4S. The summed E-state index contributed by atoms with van der Waals surface area (Å²) in [5.74, 6) is -1.88. The number of rotatable bonds is 7. The fourth-order valence-electron chi connectivity index (χ4n) is 2.95. The van der Waals surface area contributed by atoms with Crippen molar-refractivity contribution in [3.05, 3.63) is 70.4 Å². The number of aryl methyl sites for hydroxylation is 1. The summed E-state index contributed by atoms with van der Waals surface area (Å²) in [6, 6.07) is 11.2. The van der Waals surface area contributed by atoms with E-state index in [4.69, 9.17) is 10.5 Å². The van der Waals surface area contributed by atoms with Crippen LogP contribution in [0.3, 0.4) is 0 Å². The maximum Gasteiger partial charge on any atom is 0.331 e. The van der Waals surface area contributed by atoms with Gasteiger partial charge in [-0.2, -0.15) is 5.10 Å². The van der Waals surface area contributed by atoms with Gasteiger partial charge in [-0.15, -0.1) is 11.3 Å². The number of carbonyl (C=O) groups excluding carboxylic acids is 3. The van der Waals surface area contributed by atoms with E-state index in [0.717, 1.165) is 34.0 Å². The molecule has 8 nitrogen and oxygen atoms in total. The Morgan fingerprint density at radius 1 is 1.19 bits per heavy atom. The maximum absolute atomic E-state index is 12.3. The number of hydrogen-bond donors (Lipinski definition) is 2. The summed E-state index contributed by atoms with van der Waals surface area (Å²) >= 11 is 1.16. The Morgan fingerprint density at radius 2 is 1.90 bits per heavy atom. The van der Waals surface area contributed by atoms with Gasteiger partial charge in [-0.25, -0.2) is 9.48 Å². The molecule has 31 heavy (non-hydrogen) atoms. The largest absolute Gasteiger partial charge is 0.449 e. The van der Waals surface area contributed by atoms with Gasteiger partial charge in [0.2, 0.25) is 0 Å². The molecule has 0 saturated heterocycles. The van der Waals surface area contributed by atoms with Crippen LogP contribution in [0.1, 0.15) is 34.2 Å². The van der Waals surface area contributed by atoms with E-state index in [2.05, 4.69) is 10.4 Å². The van der Waals surface area contributed by atoms with Crippen molar-refractivity contribution in [3.63, 3.8) is 0 Å². The monoisotopic (exact) mass is 438 g/mol. The molecule has 0 bridgehead atoms. The number of amides is 2. The molecule has 9 heteroatoms. The van der Waals surface area contributed by atoms with Gasteiger partial charge < -0.3 is 15.8 Å². The molecule has 3 N–H and O–H groups in total. The summed E-state index contributed by atoms with van der Waals surface area (Å²) in [7, 11) is 0. The van der Waals surface area contributed by atoms with Crippen molar-refractivity contribution >= 4 is 40.2 Å². The molecule has 1 aromatic carbocycles. The first-order valence-corrected chi connectivity index (χ1v) is 10.3. The summed E-state index contributed by atoms with van der Waals surface area (Å²) < 4.78 is 6.98. The van der Waals surface area contributed by atoms with Crippen molar-refractivity contribution in [2.24, 2.45) is 5.73 Å². The summed E-state index contributed by atoms with van der Waals surface area (Å²) in [4.78, 5) is 35.9. The van der Waals surface area contributed by atoms with E-state index in [1.54, 1.807) is 16.1 Å². The smallest absolute Gasteiger partial charge is 0.331 e. The lowest BCUT2D eigenvalue weighted by Gasteiger charge is -2.12. The van der Waals surface area contributed by atoms with Crippen molar-refractivity contribution in [1.82, 2.24) is 9.78 Å². The second-order valence-electron chi connectivity index (χ2n) is 6.76. The number of nitrogens with two attached hydrogens (primary N) is 1. The van der Waals surface area contributed by atoms with Crippen molar-refractivity contribution in [3.8, 4) is 5.69 Å². The normalized spacial score (nSPS) is 12.0. The Bertz CT molecular complexity index is 1150. The standard InChI is InChI=1S/C22H22N4O4S/c1-13-17(14(2)26(25-13)16-7-5-4-6-8-16)9-10-19(27)30-15(3)21(29)24-22-18(20(23)28)11-12-31-22/h4-12,15H,1-3H3,(H2,23,28)(H,24,29)/b10-9+. The topological polar surface area (TPSA) is 116 Å². The van der Waals surface area contributed by atoms with Crippen LogP contribution in [0, 0.1) is 13.8 Å². The number of ether oxygens (including phenoxy) is 1. The first kappa shape index (κ1) is 22.0. The zero-order chi connectivity index (χ0) is 22.5. The molecule has 0 saturated carbocycles. The van der Waals surface area contributed by atoms with Crippen LogP contribution in [0.4, 0.5) is 5.00 Å². The molecule has 3 aromatic rings. The Balaban J connectivity index is 1.65. The summed E-state index contributed by atoms with van der Waals surface area (Å²) in [5.41, 5.74) is 8.81. The number of anilines is 1. The van der Waals surface area contributed by atoms with Crippen molar-refractivity contribution in [2.75, 3.05) is 5.32 Å². The SMILES string of the molecule is Cc1nn(-c2ccccc2)c(C)c1/C=C/C(=O)OC(C)C(=O)Nc1sccc1C(N)=O. The van der Waals surface area contributed by atoms with Crippen LogP contribution >= 0.6 is 11.3 Å². The number of aromatic nitrogens is 2. The minimum atomic E-state index is -1.06. The maximum atomic E-state index is 12.3. The molecule has 2 aromatic heterocycles. The molecule has 0 radical (unpaired) electrons. The fourth-order valence-corrected chi connectivity index (χ4v) is 3.74. The number of nitrogens with zero attached hydrogens (tertiary/aromatic N) is 2. The molecule has 3 rings (SSSR count). The number of para-hydroxylation sites is 1. The molecule has 2 amide bonds. The second kappa shape index (κ2) is 9.40. The van der Waals surface area contributed by atoms with E-state index in [1.807, 2.05) is 44.2 Å². The highest BCUT2D eigenvalue weighted by molar-refractivity contribution is 7.14. The van der Waals surface area contributed by atoms with Gasteiger partial charge in [0.1, 0.15) is 5.00 Å². The number of primary amides is 1. The third-order valence-electron chi connectivity index (χ3n) is 4.56. The predicted molar refractivity (Wildman–Crippen MR) is 119 cm³/mol. The van der Waals surface area contributed by atoms with Crippen LogP contribution in [-0.2, 0) is 14.3 Å². The quantitative estimate of drug-likeness (QED) is 0.434. The first-order valence-electron chi connectivity index (χ1n) is 9.46. The van der Waals surface area contributed by atoms with Crippen LogP contribution in [0.15, 0.2) is 47.9 Å². The molecule has 1 unspecified atom stereocenters. The van der Waals surface area contributed by atoms with Gasteiger partial charge in [0, 0.05) is 17.3 Å². The lowest BCUT2D eigenvalue weighted by molar-refractivity contribution is -0.148. The Morgan fingerprint density at radius 3 is 2.58 bits per heavy atom. The third kappa shape index (κ3) is 5.07. The van der Waals surface area contributed by atoms with Gasteiger partial charge in [-0.05, 0) is 50.4 Å². The Labute approximate surface area is 183 Å². The van der Waals surface area contributed by atoms with Gasteiger partial charge in [0.25, 0.3) is 11.8 Å². The number of esters is 1. The highest BCUT2D eigenvalue weighted by Crippen LogP contribution is 2.23. The lowest BCUT2D eigenvalue weighted by Crippen LogP contribution is -2.29. The molecule has 0 aliphatic heterocycles. The predicted octanol–water partition coefficient (Wildman–Crippen LogP) is 3.23. The van der Waals surface area contributed by atoms with Crippen molar-refractivity contribution in [2.45, 2.75) is 26.9 Å². The van der Waals surface area contributed by atoms with Gasteiger partial charge in [-0.3, -0.25) is 9.59 Å². The second-order valence-corrected chi connectivity index (χ2v) is 7.68. The van der Waals surface area contributed by atoms with E-state index in [9.17, 15) is 14.4 Å². The van der Waals surface area contributed by atoms with E-state index in [-0.39, 0.29) is 5.56 Å². The molecule has 2 heterocycles. The third-order valence-corrected chi connectivity index (χ3v) is 5.39. The minimum Gasteiger partial charge on any atom is -0.449 e. The highest BCUT2D eigenvalue weighted by atomic mass is 32.1. The van der Waals surface area contributed by atoms with Crippen LogP contribution < -0.4 is 11.1 Å². The van der Waals surface area contributed by atoms with Crippen LogP contribution in [0.5, 0.6) is 0 Å². The van der Waals surface area contributed by atoms with E-state index in [0.29, 0.717) is 5.00 Å². The number of nitrogens with one attached hydrogen (secondary N) is 1. The fraction of sp³-hybridized carbons (Fsp3) is 0.182. The molecule has 1 atom stereocenters. The zero-order valence-corrected chi connectivity index (χ0v) is 18.1. The molecular weight excluding hydrogens is 416 g/mol. The number of hydrogen-bond acceptors (Lipinski definition) is 6. The lowest BCUT2D eigenvalue weighted by atomic mass is 10.2. The average Bonchev–Trinajstić information content (AvgIpc) is 3.31. The summed E-state index contributed by atoms with van der Waals surface area (Å²) in [5, 5.41) is 9.03. The van der Waals surface area contributed by atoms with Crippen LogP contribution in [0.2, 0.25) is 0 Å². The molecule has 0 aliphatic carbocycles. The van der Waals surface area contributed by atoms with Gasteiger partial charge in [0.05, 0.1) is 16.9 Å². The molecule has 160 valence electrons. The van der Waals surface area contributed by atoms with Gasteiger partial charge >= 0.3 is 5.97 Å². The first-order chi connectivity index (χ1) is 14.8. The number of benzene rings is 1. The van der Waals surface area contributed by atoms with Crippen LogP contribution in [0.25, 0.3) is 11.8 Å². The highest BCUT2D eigenvalue weighted by Gasteiger charge is 2.20. The Hall–Kier alpha value is -3.72. The molecule has 0 fully saturated rings. The van der Waals surface area contributed by atoms with Gasteiger partial charge in [0.15, 0.2) is 6.10 Å². The Kier molecular flexibility index (Phi) is 6.66. The van der Waals surface area contributed by atoms with E-state index < -0.39 is 23.9 Å². The van der Waals surface area contributed by atoms with E-state index >= 15 is 0 Å². The van der Waals surface area contributed by atoms with Crippen molar-refractivity contribution < 1.29 is 19.1 Å². The zero-order valence-electron chi connectivity index (χ0n) is 17.3.